The third-order valence-corrected chi connectivity index (χ3v) is 0.663. The van der Waals surface area contributed by atoms with Crippen LogP contribution in [0.2, 0.25) is 0 Å². The molecule has 1 heterocycles. The lowest BCUT2D eigenvalue weighted by Crippen LogP contribution is -1.48. The van der Waals surface area contributed by atoms with Crippen LogP contribution >= 0.6 is 0 Å². The van der Waals surface area contributed by atoms with Gasteiger partial charge in [0, 0.05) is 0 Å². The highest BCUT2D eigenvalue weighted by molar-refractivity contribution is 5.00. The largest absolute Gasteiger partial charge is 0.472 e. The van der Waals surface area contributed by atoms with Crippen molar-refractivity contribution in [3.05, 3.63) is 24.2 Å². The second-order valence-corrected chi connectivity index (χ2v) is 1.30. The number of furan rings is 1. The van der Waals surface area contributed by atoms with E-state index in [1.54, 1.807) is 12.5 Å². The fourth-order valence-corrected chi connectivity index (χ4v) is 0.333. The number of aryl methyl sites for hydroxylation is 1. The zero-order valence-corrected chi connectivity index (χ0v) is 3.64. The summed E-state index contributed by atoms with van der Waals surface area (Å²) in [6.45, 7) is 1.99. The maximum absolute atomic E-state index is 4.71. The van der Waals surface area contributed by atoms with Crippen molar-refractivity contribution in [3.8, 4) is 0 Å². The smallest absolute Gasteiger partial charge is 0.0931 e. The lowest BCUT2D eigenvalue weighted by Gasteiger charge is -1.63. The van der Waals surface area contributed by atoms with Gasteiger partial charge in [-0.15, -0.1) is 0 Å². The Hall–Kier alpha value is -0.720. The molecular weight excluding hydrogens is 88.1 g/mol. The molecule has 0 aliphatic rings. The van der Waals surface area contributed by atoms with Gasteiger partial charge in [0.1, 0.15) is 0 Å². The zero-order valence-electron chi connectivity index (χ0n) is 3.64. The lowest BCUT2D eigenvalue weighted by molar-refractivity contribution is 0.565. The van der Waals surface area contributed by atoms with E-state index in [4.69, 9.17) is 4.42 Å². The van der Waals surface area contributed by atoms with Gasteiger partial charge >= 0.3 is 0 Å². The molecule has 0 saturated carbocycles. The Morgan fingerprint density at radius 3 is 2.43 bits per heavy atom. The van der Waals surface area contributed by atoms with Crippen molar-refractivity contribution in [3.63, 3.8) is 0 Å². The van der Waals surface area contributed by atoms with E-state index in [9.17, 15) is 0 Å². The monoisotopic (exact) mass is 98.1 g/mol. The predicted octanol–water partition coefficient (Wildman–Crippen LogP) is 2.22. The summed E-state index contributed by atoms with van der Waals surface area (Å²) in [5.74, 6) is 0. The van der Waals surface area contributed by atoms with Crippen LogP contribution in [0.15, 0.2) is 23.0 Å². The molecule has 1 aromatic rings. The maximum Gasteiger partial charge on any atom is 0.0931 e. The van der Waals surface area contributed by atoms with Gasteiger partial charge in [-0.1, -0.05) is 7.43 Å². The summed E-state index contributed by atoms with van der Waals surface area (Å²) in [4.78, 5) is 0. The molecule has 1 aromatic heterocycles. The molecule has 0 amide bonds. The van der Waals surface area contributed by atoms with E-state index in [0.29, 0.717) is 0 Å². The first-order valence-corrected chi connectivity index (χ1v) is 1.88. The topological polar surface area (TPSA) is 13.1 Å². The Labute approximate surface area is 44.0 Å². The zero-order chi connectivity index (χ0) is 4.41. The van der Waals surface area contributed by atoms with Crippen LogP contribution in [0.3, 0.4) is 0 Å². The minimum absolute atomic E-state index is 0. The minimum Gasteiger partial charge on any atom is -0.472 e. The molecule has 0 N–H and O–H groups in total. The fraction of sp³-hybridized carbons (Fsp3) is 0.333. The third-order valence-electron chi connectivity index (χ3n) is 0.663. The van der Waals surface area contributed by atoms with Crippen LogP contribution in [0.1, 0.15) is 13.0 Å². The van der Waals surface area contributed by atoms with E-state index in [-0.39, 0.29) is 7.43 Å². The second kappa shape index (κ2) is 2.45. The van der Waals surface area contributed by atoms with Crippen LogP contribution in [0.4, 0.5) is 0 Å². The minimum atomic E-state index is 0. The Balaban J connectivity index is 0.000000360. The third kappa shape index (κ3) is 1.44. The highest BCUT2D eigenvalue weighted by atomic mass is 16.3. The van der Waals surface area contributed by atoms with Crippen LogP contribution in [0.25, 0.3) is 0 Å². The molecule has 0 fully saturated rings. The Morgan fingerprint density at radius 2 is 2.29 bits per heavy atom. The van der Waals surface area contributed by atoms with Gasteiger partial charge < -0.3 is 4.42 Å². The lowest BCUT2D eigenvalue weighted by atomic mass is 10.4. The molecule has 0 spiro atoms. The molecule has 1 rings (SSSR count). The second-order valence-electron chi connectivity index (χ2n) is 1.30. The molecule has 1 heteroatoms. The van der Waals surface area contributed by atoms with E-state index in [1.165, 1.54) is 5.56 Å². The van der Waals surface area contributed by atoms with Crippen LogP contribution in [0, 0.1) is 6.92 Å². The van der Waals surface area contributed by atoms with Crippen molar-refractivity contribution in [2.45, 2.75) is 14.4 Å². The fourth-order valence-electron chi connectivity index (χ4n) is 0.333. The summed E-state index contributed by atoms with van der Waals surface area (Å²) in [7, 11) is 0. The maximum atomic E-state index is 4.71. The van der Waals surface area contributed by atoms with E-state index in [1.807, 2.05) is 13.0 Å². The molecule has 0 radical (unpaired) electrons. The van der Waals surface area contributed by atoms with E-state index >= 15 is 0 Å². The average molecular weight is 98.1 g/mol. The van der Waals surface area contributed by atoms with Gasteiger partial charge in [-0.3, -0.25) is 0 Å². The quantitative estimate of drug-likeness (QED) is 0.485. The first-order valence-electron chi connectivity index (χ1n) is 1.88. The van der Waals surface area contributed by atoms with Crippen molar-refractivity contribution in [1.29, 1.82) is 0 Å². The Kier molecular flexibility index (Phi) is 2.20. The molecule has 0 unspecified atom stereocenters. The van der Waals surface area contributed by atoms with Crippen LogP contribution < -0.4 is 0 Å². The van der Waals surface area contributed by atoms with Gasteiger partial charge in [-0.25, -0.2) is 0 Å². The highest BCUT2D eigenvalue weighted by Gasteiger charge is 1.75. The van der Waals surface area contributed by atoms with E-state index in [2.05, 4.69) is 0 Å². The molecule has 0 aliphatic carbocycles. The molecule has 40 valence electrons. The van der Waals surface area contributed by atoms with Gasteiger partial charge in [0.15, 0.2) is 0 Å². The summed E-state index contributed by atoms with van der Waals surface area (Å²) in [6.07, 6.45) is 3.37. The van der Waals surface area contributed by atoms with E-state index < -0.39 is 0 Å². The van der Waals surface area contributed by atoms with Crippen LogP contribution in [-0.4, -0.2) is 0 Å². The van der Waals surface area contributed by atoms with Gasteiger partial charge in [0.25, 0.3) is 0 Å². The summed E-state index contributed by atoms with van der Waals surface area (Å²) in [5.41, 5.74) is 1.18. The van der Waals surface area contributed by atoms with Crippen molar-refractivity contribution in [2.75, 3.05) is 0 Å². The van der Waals surface area contributed by atoms with Crippen LogP contribution in [0.5, 0.6) is 0 Å². The van der Waals surface area contributed by atoms with Crippen molar-refractivity contribution >= 4 is 0 Å². The molecule has 0 aromatic carbocycles. The van der Waals surface area contributed by atoms with Crippen LogP contribution in [-0.2, 0) is 0 Å². The Morgan fingerprint density at radius 1 is 1.57 bits per heavy atom. The molecule has 0 saturated heterocycles. The van der Waals surface area contributed by atoms with Gasteiger partial charge in [0.2, 0.25) is 0 Å². The first-order chi connectivity index (χ1) is 2.89. The molecular formula is C6H10O. The van der Waals surface area contributed by atoms with Crippen molar-refractivity contribution in [2.24, 2.45) is 0 Å². The summed E-state index contributed by atoms with van der Waals surface area (Å²) < 4.78 is 4.71. The highest BCUT2D eigenvalue weighted by Crippen LogP contribution is 1.93. The Bertz CT molecular complexity index is 108. The number of rotatable bonds is 0. The SMILES string of the molecule is C.Cc1ccoc1. The standard InChI is InChI=1S/C5H6O.CH4/c1-5-2-3-6-4-5;/h2-4H,1H3;1H4. The average Bonchev–Trinajstić information content (AvgIpc) is 1.86. The van der Waals surface area contributed by atoms with Gasteiger partial charge in [-0.05, 0) is 18.6 Å². The normalized spacial score (nSPS) is 7.57. The van der Waals surface area contributed by atoms with Crippen molar-refractivity contribution < 1.29 is 4.42 Å². The summed E-state index contributed by atoms with van der Waals surface area (Å²) in [6, 6.07) is 1.92. The molecule has 0 aliphatic heterocycles. The summed E-state index contributed by atoms with van der Waals surface area (Å²) >= 11 is 0. The summed E-state index contributed by atoms with van der Waals surface area (Å²) in [5, 5.41) is 0. The molecule has 1 nitrogen and oxygen atoms in total. The van der Waals surface area contributed by atoms with E-state index in [0.717, 1.165) is 0 Å². The van der Waals surface area contributed by atoms with Gasteiger partial charge in [-0.2, -0.15) is 0 Å². The predicted molar refractivity (Wildman–Crippen MR) is 30.2 cm³/mol. The molecule has 0 atom stereocenters. The first kappa shape index (κ1) is 6.28. The molecule has 0 bridgehead atoms. The number of hydrogen-bond donors (Lipinski definition) is 0. The molecule has 7 heavy (non-hydrogen) atoms. The number of hydrogen-bond acceptors (Lipinski definition) is 1. The van der Waals surface area contributed by atoms with Crippen molar-refractivity contribution in [1.82, 2.24) is 0 Å². The van der Waals surface area contributed by atoms with Gasteiger partial charge in [0.05, 0.1) is 12.5 Å².